The number of aromatic hydroxyl groups is 1. The molecule has 1 N–H and O–H groups in total. The number of nitrogens with zero attached hydrogens (tertiary/aromatic N) is 2. The number of phenols is 1. The van der Waals surface area contributed by atoms with Gasteiger partial charge < -0.3 is 19.6 Å². The molecule has 0 radical (unpaired) electrons. The summed E-state index contributed by atoms with van der Waals surface area (Å²) in [5.74, 6) is -4.37. The Hall–Kier alpha value is -3.26. The summed E-state index contributed by atoms with van der Waals surface area (Å²) in [6, 6.07) is 8.95. The van der Waals surface area contributed by atoms with Gasteiger partial charge >= 0.3 is 0 Å². The molecule has 0 aromatic heterocycles. The Morgan fingerprint density at radius 3 is 2.55 bits per heavy atom. The molecule has 2 aromatic carbocycles. The molecule has 7 nitrogen and oxygen atoms in total. The van der Waals surface area contributed by atoms with Crippen LogP contribution in [0.2, 0.25) is 0 Å². The largest absolute Gasteiger partial charge is 0.508 e. The molecule has 0 saturated carbocycles. The number of benzene rings is 2. The number of hydrogen-bond donors (Lipinski definition) is 1. The van der Waals surface area contributed by atoms with Crippen LogP contribution in [0.4, 0.5) is 4.39 Å². The standard InChI is InChI=1S/C23H25FN2O5/c1-25(2)10-5-11-26-20(14-6-4-7-16(27)12-14)19(22(29)23(26)30)21(28)15-8-9-18(31-3)17(24)13-15/h4,6-9,12-13,19-20,27H,5,10-11H2,1-3H3. The topological polar surface area (TPSA) is 87.2 Å². The molecule has 2 atom stereocenters. The molecule has 3 rings (SSSR count). The Bertz CT molecular complexity index is 1010. The van der Waals surface area contributed by atoms with Gasteiger partial charge in [-0.3, -0.25) is 14.4 Å². The predicted octanol–water partition coefficient (Wildman–Crippen LogP) is 2.44. The van der Waals surface area contributed by atoms with E-state index in [1.54, 1.807) is 12.1 Å². The minimum absolute atomic E-state index is 0.0234. The molecule has 8 heteroatoms. The minimum Gasteiger partial charge on any atom is -0.508 e. The normalized spacial score (nSPS) is 18.7. The van der Waals surface area contributed by atoms with Gasteiger partial charge in [0.15, 0.2) is 17.3 Å². The van der Waals surface area contributed by atoms with E-state index < -0.39 is 35.3 Å². The summed E-state index contributed by atoms with van der Waals surface area (Å²) in [5, 5.41) is 9.93. The van der Waals surface area contributed by atoms with Crippen LogP contribution < -0.4 is 4.74 Å². The molecule has 1 aliphatic rings. The molecule has 1 fully saturated rings. The van der Waals surface area contributed by atoms with Crippen LogP contribution in [0.25, 0.3) is 0 Å². The van der Waals surface area contributed by atoms with Crippen molar-refractivity contribution in [1.29, 1.82) is 0 Å². The van der Waals surface area contributed by atoms with Gasteiger partial charge in [0.2, 0.25) is 5.78 Å². The lowest BCUT2D eigenvalue weighted by atomic mass is 9.86. The summed E-state index contributed by atoms with van der Waals surface area (Å²) in [6.45, 7) is 0.955. The molecule has 0 bridgehead atoms. The van der Waals surface area contributed by atoms with Crippen LogP contribution in [0.15, 0.2) is 42.5 Å². The van der Waals surface area contributed by atoms with Gasteiger partial charge in [-0.05, 0) is 63.0 Å². The number of phenolic OH excluding ortho intramolecular Hbond substituents is 1. The van der Waals surface area contributed by atoms with Gasteiger partial charge in [0.1, 0.15) is 11.7 Å². The van der Waals surface area contributed by atoms with E-state index >= 15 is 0 Å². The molecule has 2 unspecified atom stereocenters. The van der Waals surface area contributed by atoms with Crippen molar-refractivity contribution in [2.75, 3.05) is 34.3 Å². The molecule has 0 spiro atoms. The molecule has 1 saturated heterocycles. The van der Waals surface area contributed by atoms with Crippen LogP contribution in [0.1, 0.15) is 28.4 Å². The highest BCUT2D eigenvalue weighted by atomic mass is 19.1. The van der Waals surface area contributed by atoms with Gasteiger partial charge in [0.25, 0.3) is 5.91 Å². The van der Waals surface area contributed by atoms with Gasteiger partial charge in [0.05, 0.1) is 13.2 Å². The Kier molecular flexibility index (Phi) is 6.70. The van der Waals surface area contributed by atoms with Crippen LogP contribution in [0.3, 0.4) is 0 Å². The van der Waals surface area contributed by atoms with Crippen LogP contribution in [-0.4, -0.2) is 66.7 Å². The molecular weight excluding hydrogens is 403 g/mol. The summed E-state index contributed by atoms with van der Waals surface area (Å²) in [5.41, 5.74) is 0.445. The molecule has 2 aromatic rings. The third-order valence-corrected chi connectivity index (χ3v) is 5.34. The number of likely N-dealkylation sites (tertiary alicyclic amines) is 1. The van der Waals surface area contributed by atoms with Crippen molar-refractivity contribution in [2.45, 2.75) is 12.5 Å². The number of ether oxygens (including phenoxy) is 1. The van der Waals surface area contributed by atoms with Crippen molar-refractivity contribution < 1.29 is 28.6 Å². The Morgan fingerprint density at radius 1 is 1.19 bits per heavy atom. The summed E-state index contributed by atoms with van der Waals surface area (Å²) in [7, 11) is 5.10. The van der Waals surface area contributed by atoms with Crippen LogP contribution >= 0.6 is 0 Å². The fourth-order valence-corrected chi connectivity index (χ4v) is 3.86. The van der Waals surface area contributed by atoms with Gasteiger partial charge in [-0.15, -0.1) is 0 Å². The molecule has 1 amide bonds. The summed E-state index contributed by atoms with van der Waals surface area (Å²) < 4.78 is 19.1. The number of hydrogen-bond acceptors (Lipinski definition) is 6. The van der Waals surface area contributed by atoms with Gasteiger partial charge in [0, 0.05) is 12.1 Å². The van der Waals surface area contributed by atoms with Crippen molar-refractivity contribution in [3.05, 3.63) is 59.4 Å². The summed E-state index contributed by atoms with van der Waals surface area (Å²) >= 11 is 0. The maximum atomic E-state index is 14.2. The number of Topliss-reactive ketones (excluding diaryl/α,β-unsaturated/α-hetero) is 2. The second kappa shape index (κ2) is 9.26. The molecule has 0 aliphatic carbocycles. The van der Waals surface area contributed by atoms with Crippen molar-refractivity contribution in [3.8, 4) is 11.5 Å². The van der Waals surface area contributed by atoms with E-state index in [2.05, 4.69) is 0 Å². The van der Waals surface area contributed by atoms with E-state index in [-0.39, 0.29) is 23.6 Å². The van der Waals surface area contributed by atoms with Crippen molar-refractivity contribution >= 4 is 17.5 Å². The maximum Gasteiger partial charge on any atom is 0.291 e. The zero-order chi connectivity index (χ0) is 22.7. The first-order chi connectivity index (χ1) is 14.7. The van der Waals surface area contributed by atoms with Crippen LogP contribution in [-0.2, 0) is 9.59 Å². The van der Waals surface area contributed by atoms with Crippen LogP contribution in [0, 0.1) is 11.7 Å². The van der Waals surface area contributed by atoms with Crippen LogP contribution in [0.5, 0.6) is 11.5 Å². The Balaban J connectivity index is 2.01. The Morgan fingerprint density at radius 2 is 1.94 bits per heavy atom. The van der Waals surface area contributed by atoms with E-state index in [9.17, 15) is 23.9 Å². The second-order valence-electron chi connectivity index (χ2n) is 7.75. The van der Waals surface area contributed by atoms with Gasteiger partial charge in [-0.25, -0.2) is 4.39 Å². The first kappa shape index (κ1) is 22.4. The molecule has 1 heterocycles. The van der Waals surface area contributed by atoms with E-state index in [4.69, 9.17) is 4.74 Å². The lowest BCUT2D eigenvalue weighted by Crippen LogP contribution is -2.33. The number of amides is 1. The highest BCUT2D eigenvalue weighted by molar-refractivity contribution is 6.44. The summed E-state index contributed by atoms with van der Waals surface area (Å²) in [4.78, 5) is 42.3. The molecule has 31 heavy (non-hydrogen) atoms. The first-order valence-electron chi connectivity index (χ1n) is 9.90. The fraction of sp³-hybridized carbons (Fsp3) is 0.348. The SMILES string of the molecule is COc1ccc(C(=O)C2C(=O)C(=O)N(CCCN(C)C)C2c2cccc(O)c2)cc1F. The molecule has 1 aliphatic heterocycles. The highest BCUT2D eigenvalue weighted by Crippen LogP contribution is 2.39. The third kappa shape index (κ3) is 4.59. The van der Waals surface area contributed by atoms with Crippen molar-refractivity contribution in [1.82, 2.24) is 9.80 Å². The second-order valence-corrected chi connectivity index (χ2v) is 7.75. The zero-order valence-electron chi connectivity index (χ0n) is 17.7. The number of ketones is 2. The average Bonchev–Trinajstić information content (AvgIpc) is 2.98. The number of halogens is 1. The first-order valence-corrected chi connectivity index (χ1v) is 9.90. The van der Waals surface area contributed by atoms with E-state index in [0.29, 0.717) is 18.5 Å². The van der Waals surface area contributed by atoms with Crippen molar-refractivity contribution in [2.24, 2.45) is 5.92 Å². The van der Waals surface area contributed by atoms with Gasteiger partial charge in [-0.1, -0.05) is 12.1 Å². The highest BCUT2D eigenvalue weighted by Gasteiger charge is 2.51. The number of carbonyl (C=O) groups is 3. The van der Waals surface area contributed by atoms with E-state index in [1.807, 2.05) is 19.0 Å². The van der Waals surface area contributed by atoms with E-state index in [0.717, 1.165) is 6.07 Å². The Labute approximate surface area is 180 Å². The average molecular weight is 428 g/mol. The third-order valence-electron chi connectivity index (χ3n) is 5.34. The quantitative estimate of drug-likeness (QED) is 0.395. The molecule has 164 valence electrons. The predicted molar refractivity (Wildman–Crippen MR) is 112 cm³/mol. The maximum absolute atomic E-state index is 14.2. The van der Waals surface area contributed by atoms with Gasteiger partial charge in [-0.2, -0.15) is 0 Å². The smallest absolute Gasteiger partial charge is 0.291 e. The lowest BCUT2D eigenvalue weighted by Gasteiger charge is -2.27. The van der Waals surface area contributed by atoms with E-state index in [1.165, 1.54) is 36.3 Å². The van der Waals surface area contributed by atoms with Crippen molar-refractivity contribution in [3.63, 3.8) is 0 Å². The zero-order valence-corrected chi connectivity index (χ0v) is 17.7. The number of methoxy groups -OCH3 is 1. The lowest BCUT2D eigenvalue weighted by molar-refractivity contribution is -0.140. The fourth-order valence-electron chi connectivity index (χ4n) is 3.86. The summed E-state index contributed by atoms with van der Waals surface area (Å²) in [6.07, 6.45) is 0.597. The minimum atomic E-state index is -1.33. The number of carbonyl (C=O) groups excluding carboxylic acids is 3. The number of rotatable bonds is 8. The monoisotopic (exact) mass is 428 g/mol. The molecular formula is C23H25FN2O5.